The molecule has 34 heavy (non-hydrogen) atoms. The number of hydrogen-bond acceptors (Lipinski definition) is 7. The second-order valence-corrected chi connectivity index (χ2v) is 11.2. The van der Waals surface area contributed by atoms with Crippen molar-refractivity contribution in [1.29, 1.82) is 0 Å². The average molecular weight is 490 g/mol. The Balaban J connectivity index is 1.52. The van der Waals surface area contributed by atoms with Gasteiger partial charge in [-0.15, -0.1) is 0 Å². The molecule has 1 saturated carbocycles. The predicted octanol–water partition coefficient (Wildman–Crippen LogP) is 5.90. The molecule has 1 saturated heterocycles. The first-order valence-electron chi connectivity index (χ1n) is 12.0. The molecule has 1 heterocycles. The van der Waals surface area contributed by atoms with Crippen molar-refractivity contribution in [3.05, 3.63) is 48.7 Å². The summed E-state index contributed by atoms with van der Waals surface area (Å²) in [5.41, 5.74) is 0.930. The highest BCUT2D eigenvalue weighted by Crippen LogP contribution is 2.47. The molecule has 1 aliphatic carbocycles. The lowest BCUT2D eigenvalue weighted by atomic mass is 9.90. The van der Waals surface area contributed by atoms with E-state index in [9.17, 15) is 8.42 Å². The zero-order valence-corrected chi connectivity index (χ0v) is 21.3. The number of rotatable bonds is 8. The van der Waals surface area contributed by atoms with Crippen LogP contribution in [0.1, 0.15) is 58.8 Å². The Kier molecular flexibility index (Phi) is 6.97. The standard InChI is InChI=1S/C26H35NO6S/c1-6-20(25(3)31-26(33-32-25)16-8-7-9-17-26)18-19(2)30-34(28,29)24-15-11-12-21-22(24)13-10-14-23(21)27(4)5/h10-15,20H,2,6-9,16-18H2,1,3-5H3. The number of fused-ring (bicyclic) bond motifs is 1. The first-order valence-corrected chi connectivity index (χ1v) is 13.4. The summed E-state index contributed by atoms with van der Waals surface area (Å²) in [5.74, 6) is -1.75. The summed E-state index contributed by atoms with van der Waals surface area (Å²) in [6.45, 7) is 7.77. The highest BCUT2D eigenvalue weighted by Gasteiger charge is 2.54. The van der Waals surface area contributed by atoms with Crippen LogP contribution in [0.4, 0.5) is 5.69 Å². The molecule has 2 unspecified atom stereocenters. The molecule has 2 fully saturated rings. The van der Waals surface area contributed by atoms with Crippen LogP contribution in [0.15, 0.2) is 53.6 Å². The maximum atomic E-state index is 13.3. The lowest BCUT2D eigenvalue weighted by Crippen LogP contribution is -2.41. The van der Waals surface area contributed by atoms with E-state index in [0.29, 0.717) is 11.8 Å². The van der Waals surface area contributed by atoms with Crippen LogP contribution in [-0.4, -0.2) is 34.1 Å². The largest absolute Gasteiger partial charge is 0.384 e. The van der Waals surface area contributed by atoms with Gasteiger partial charge in [-0.05, 0) is 38.3 Å². The summed E-state index contributed by atoms with van der Waals surface area (Å²) >= 11 is 0. The van der Waals surface area contributed by atoms with Gasteiger partial charge in [0, 0.05) is 55.7 Å². The topological polar surface area (TPSA) is 74.3 Å². The van der Waals surface area contributed by atoms with Crippen molar-refractivity contribution >= 4 is 26.6 Å². The normalized spacial score (nSPS) is 23.2. The molecule has 0 aromatic heterocycles. The molecular weight excluding hydrogens is 454 g/mol. The molecule has 2 aromatic carbocycles. The van der Waals surface area contributed by atoms with Crippen LogP contribution >= 0.6 is 0 Å². The SMILES string of the molecule is C=C(CC(CC)C1(C)OOC2(CCCCC2)O1)OS(=O)(=O)c1cccc2c(N(C)C)cccc12. The van der Waals surface area contributed by atoms with Crippen LogP contribution in [0.2, 0.25) is 0 Å². The van der Waals surface area contributed by atoms with Gasteiger partial charge < -0.3 is 13.8 Å². The summed E-state index contributed by atoms with van der Waals surface area (Å²) in [6.07, 6.45) is 5.75. The molecule has 1 aliphatic heterocycles. The van der Waals surface area contributed by atoms with Gasteiger partial charge in [0.15, 0.2) is 0 Å². The Morgan fingerprint density at radius 3 is 2.44 bits per heavy atom. The van der Waals surface area contributed by atoms with Crippen LogP contribution < -0.4 is 4.90 Å². The van der Waals surface area contributed by atoms with Gasteiger partial charge in [-0.25, -0.2) is 0 Å². The van der Waals surface area contributed by atoms with Crippen LogP contribution in [-0.2, 0) is 28.8 Å². The molecule has 2 atom stereocenters. The smallest absolute Gasteiger partial charge is 0.339 e. The fourth-order valence-electron chi connectivity index (χ4n) is 5.07. The summed E-state index contributed by atoms with van der Waals surface area (Å²) < 4.78 is 38.4. The van der Waals surface area contributed by atoms with Gasteiger partial charge in [0.25, 0.3) is 0 Å². The lowest BCUT2D eigenvalue weighted by molar-refractivity contribution is -0.359. The van der Waals surface area contributed by atoms with Crippen molar-refractivity contribution in [1.82, 2.24) is 0 Å². The van der Waals surface area contributed by atoms with Crippen molar-refractivity contribution in [3.8, 4) is 0 Å². The summed E-state index contributed by atoms with van der Waals surface area (Å²) in [6, 6.07) is 10.8. The van der Waals surface area contributed by atoms with E-state index in [0.717, 1.165) is 43.2 Å². The van der Waals surface area contributed by atoms with E-state index in [1.165, 1.54) is 0 Å². The first kappa shape index (κ1) is 25.0. The van der Waals surface area contributed by atoms with Gasteiger partial charge in [0.1, 0.15) is 10.7 Å². The molecule has 7 nitrogen and oxygen atoms in total. The Labute approximate surface area is 202 Å². The number of allylic oxidation sites excluding steroid dienone is 1. The van der Waals surface area contributed by atoms with Crippen molar-refractivity contribution in [3.63, 3.8) is 0 Å². The van der Waals surface area contributed by atoms with Crippen LogP contribution in [0.3, 0.4) is 0 Å². The molecule has 186 valence electrons. The third kappa shape index (κ3) is 4.82. The van der Waals surface area contributed by atoms with Gasteiger partial charge in [-0.3, -0.25) is 0 Å². The zero-order valence-electron chi connectivity index (χ0n) is 20.5. The van der Waals surface area contributed by atoms with E-state index in [2.05, 4.69) is 6.58 Å². The first-order chi connectivity index (χ1) is 16.1. The minimum Gasteiger partial charge on any atom is -0.384 e. The predicted molar refractivity (Wildman–Crippen MR) is 132 cm³/mol. The van der Waals surface area contributed by atoms with Crippen LogP contribution in [0.5, 0.6) is 0 Å². The zero-order chi connectivity index (χ0) is 24.6. The molecule has 0 bridgehead atoms. The minimum absolute atomic E-state index is 0.118. The molecule has 0 amide bonds. The van der Waals surface area contributed by atoms with Crippen molar-refractivity contribution in [2.24, 2.45) is 5.92 Å². The molecule has 2 aliphatic rings. The van der Waals surface area contributed by atoms with Gasteiger partial charge in [0.05, 0.1) is 0 Å². The number of nitrogens with zero attached hydrogens (tertiary/aromatic N) is 1. The molecule has 4 rings (SSSR count). The van der Waals surface area contributed by atoms with E-state index < -0.39 is 21.7 Å². The third-order valence-electron chi connectivity index (χ3n) is 6.91. The second-order valence-electron chi connectivity index (χ2n) is 9.66. The van der Waals surface area contributed by atoms with Gasteiger partial charge >= 0.3 is 10.1 Å². The van der Waals surface area contributed by atoms with Gasteiger partial charge in [0.2, 0.25) is 11.6 Å². The maximum Gasteiger partial charge on any atom is 0.339 e. The minimum atomic E-state index is -4.08. The van der Waals surface area contributed by atoms with E-state index in [1.54, 1.807) is 18.2 Å². The summed E-state index contributed by atoms with van der Waals surface area (Å²) in [5, 5.41) is 1.44. The number of ether oxygens (including phenoxy) is 1. The lowest BCUT2D eigenvalue weighted by Gasteiger charge is -2.34. The molecule has 2 aromatic rings. The number of benzene rings is 2. The van der Waals surface area contributed by atoms with Crippen molar-refractivity contribution in [2.75, 3.05) is 19.0 Å². The van der Waals surface area contributed by atoms with Gasteiger partial charge in [-0.2, -0.15) is 18.2 Å². The quantitative estimate of drug-likeness (QED) is 0.260. The molecule has 8 heteroatoms. The average Bonchev–Trinajstić information content (AvgIpc) is 3.13. The van der Waals surface area contributed by atoms with E-state index >= 15 is 0 Å². The van der Waals surface area contributed by atoms with E-state index in [1.807, 2.05) is 51.0 Å². The Morgan fingerprint density at radius 2 is 1.76 bits per heavy atom. The number of hydrogen-bond donors (Lipinski definition) is 0. The monoisotopic (exact) mass is 489 g/mol. The summed E-state index contributed by atoms with van der Waals surface area (Å²) in [4.78, 5) is 13.5. The van der Waals surface area contributed by atoms with E-state index in [-0.39, 0.29) is 23.0 Å². The number of anilines is 1. The molecular formula is C26H35NO6S. The molecule has 0 N–H and O–H groups in total. The Hall–Kier alpha value is -2.13. The Bertz CT molecular complexity index is 1160. The third-order valence-corrected chi connectivity index (χ3v) is 8.26. The summed E-state index contributed by atoms with van der Waals surface area (Å²) in [7, 11) is -0.234. The van der Waals surface area contributed by atoms with Gasteiger partial charge in [-0.1, -0.05) is 44.2 Å². The molecule has 1 spiro atoms. The van der Waals surface area contributed by atoms with E-state index in [4.69, 9.17) is 18.7 Å². The van der Waals surface area contributed by atoms with Crippen molar-refractivity contribution in [2.45, 2.75) is 75.3 Å². The molecule has 0 radical (unpaired) electrons. The maximum absolute atomic E-state index is 13.3. The van der Waals surface area contributed by atoms with Crippen LogP contribution in [0, 0.1) is 5.92 Å². The van der Waals surface area contributed by atoms with Crippen LogP contribution in [0.25, 0.3) is 10.8 Å². The highest BCUT2D eigenvalue weighted by molar-refractivity contribution is 7.87. The second kappa shape index (κ2) is 9.49. The highest BCUT2D eigenvalue weighted by atomic mass is 32.2. The fraction of sp³-hybridized carbons (Fsp3) is 0.538. The Morgan fingerprint density at radius 1 is 1.09 bits per heavy atom. The van der Waals surface area contributed by atoms with Crippen molar-refractivity contribution < 1.29 is 27.1 Å². The fourth-order valence-corrected chi connectivity index (χ4v) is 6.23.